The van der Waals surface area contributed by atoms with Crippen LogP contribution in [-0.4, -0.2) is 10.7 Å². The highest BCUT2D eigenvalue weighted by Crippen LogP contribution is 2.63. The Morgan fingerprint density at radius 2 is 1.61 bits per heavy atom. The van der Waals surface area contributed by atoms with Crippen LogP contribution in [0.3, 0.4) is 0 Å². The summed E-state index contributed by atoms with van der Waals surface area (Å²) in [5.74, 6) is 1.81. The Balaban J connectivity index is 1.58. The van der Waals surface area contributed by atoms with Crippen LogP contribution < -0.4 is 0 Å². The minimum absolute atomic E-state index is 0.288. The van der Waals surface area contributed by atoms with Crippen molar-refractivity contribution in [1.29, 1.82) is 0 Å². The summed E-state index contributed by atoms with van der Waals surface area (Å²) in [6, 6.07) is 8.81. The van der Waals surface area contributed by atoms with E-state index in [0.29, 0.717) is 17.8 Å². The molecular formula is C17H22O. The number of fused-ring (bicyclic) bond motifs is 2. The number of aryl methyl sites for hydroxylation is 1. The molecule has 1 N–H and O–H groups in total. The molecule has 0 bridgehead atoms. The molecular weight excluding hydrogens is 220 g/mol. The normalized spacial score (nSPS) is 41.9. The summed E-state index contributed by atoms with van der Waals surface area (Å²) in [4.78, 5) is 0. The molecule has 1 aromatic rings. The van der Waals surface area contributed by atoms with Crippen LogP contribution in [0.2, 0.25) is 0 Å². The van der Waals surface area contributed by atoms with E-state index in [2.05, 4.69) is 24.3 Å². The van der Waals surface area contributed by atoms with Gasteiger partial charge in [-0.25, -0.2) is 0 Å². The molecule has 96 valence electrons. The molecule has 3 atom stereocenters. The third-order valence-corrected chi connectivity index (χ3v) is 5.85. The van der Waals surface area contributed by atoms with Gasteiger partial charge >= 0.3 is 0 Å². The molecule has 1 aromatic carbocycles. The van der Waals surface area contributed by atoms with E-state index in [1.54, 1.807) is 0 Å². The molecule has 18 heavy (non-hydrogen) atoms. The highest BCUT2D eigenvalue weighted by atomic mass is 16.3. The van der Waals surface area contributed by atoms with Crippen LogP contribution in [0.15, 0.2) is 24.3 Å². The highest BCUT2D eigenvalue weighted by molar-refractivity contribution is 5.32. The zero-order chi connectivity index (χ0) is 12.2. The van der Waals surface area contributed by atoms with Crippen LogP contribution >= 0.6 is 0 Å². The Hall–Kier alpha value is -0.820. The minimum atomic E-state index is -0.288. The van der Waals surface area contributed by atoms with E-state index in [-0.39, 0.29) is 5.60 Å². The van der Waals surface area contributed by atoms with Crippen molar-refractivity contribution in [2.24, 2.45) is 17.8 Å². The van der Waals surface area contributed by atoms with Crippen LogP contribution in [0, 0.1) is 17.8 Å². The average Bonchev–Trinajstić information content (AvgIpc) is 3.06. The number of hydrogen-bond donors (Lipinski definition) is 1. The van der Waals surface area contributed by atoms with Gasteiger partial charge in [0.2, 0.25) is 0 Å². The van der Waals surface area contributed by atoms with Gasteiger partial charge in [-0.1, -0.05) is 37.1 Å². The van der Waals surface area contributed by atoms with Crippen molar-refractivity contribution in [2.45, 2.75) is 50.5 Å². The lowest BCUT2D eigenvalue weighted by Crippen LogP contribution is -2.31. The predicted octanol–water partition coefficient (Wildman–Crippen LogP) is 3.34. The van der Waals surface area contributed by atoms with Crippen molar-refractivity contribution in [3.63, 3.8) is 0 Å². The van der Waals surface area contributed by atoms with Crippen molar-refractivity contribution in [2.75, 3.05) is 0 Å². The fourth-order valence-corrected chi connectivity index (χ4v) is 4.84. The maximum atomic E-state index is 11.0. The van der Waals surface area contributed by atoms with Gasteiger partial charge in [-0.05, 0) is 61.0 Å². The first-order chi connectivity index (χ1) is 8.80. The van der Waals surface area contributed by atoms with Crippen molar-refractivity contribution in [3.05, 3.63) is 35.4 Å². The monoisotopic (exact) mass is 242 g/mol. The third-order valence-electron chi connectivity index (χ3n) is 5.85. The summed E-state index contributed by atoms with van der Waals surface area (Å²) >= 11 is 0. The number of aliphatic hydroxyl groups is 1. The van der Waals surface area contributed by atoms with Crippen LogP contribution in [0.25, 0.3) is 0 Å². The van der Waals surface area contributed by atoms with E-state index in [4.69, 9.17) is 0 Å². The molecule has 0 amide bonds. The molecule has 4 rings (SSSR count). The minimum Gasteiger partial charge on any atom is -0.389 e. The summed E-state index contributed by atoms with van der Waals surface area (Å²) in [5.41, 5.74) is 2.72. The Morgan fingerprint density at radius 1 is 0.944 bits per heavy atom. The summed E-state index contributed by atoms with van der Waals surface area (Å²) in [6.07, 6.45) is 8.71. The quantitative estimate of drug-likeness (QED) is 0.800. The van der Waals surface area contributed by atoms with Gasteiger partial charge in [-0.15, -0.1) is 0 Å². The molecule has 3 aliphatic carbocycles. The smallest absolute Gasteiger partial charge is 0.0742 e. The van der Waals surface area contributed by atoms with Crippen LogP contribution in [0.5, 0.6) is 0 Å². The van der Waals surface area contributed by atoms with Gasteiger partial charge in [0, 0.05) is 0 Å². The molecule has 1 nitrogen and oxygen atoms in total. The van der Waals surface area contributed by atoms with Gasteiger partial charge in [-0.3, -0.25) is 0 Å². The fraction of sp³-hybridized carbons (Fsp3) is 0.647. The first-order valence-electron chi connectivity index (χ1n) is 7.59. The van der Waals surface area contributed by atoms with E-state index in [9.17, 15) is 5.11 Å². The van der Waals surface area contributed by atoms with E-state index >= 15 is 0 Å². The molecule has 0 heterocycles. The maximum absolute atomic E-state index is 11.0. The van der Waals surface area contributed by atoms with Crippen LogP contribution in [0.4, 0.5) is 0 Å². The van der Waals surface area contributed by atoms with Crippen molar-refractivity contribution in [3.8, 4) is 0 Å². The Labute approximate surface area is 109 Å². The largest absolute Gasteiger partial charge is 0.389 e. The third kappa shape index (κ3) is 1.43. The highest BCUT2D eigenvalue weighted by Gasteiger charge is 2.66. The summed E-state index contributed by atoms with van der Waals surface area (Å²) < 4.78 is 0. The van der Waals surface area contributed by atoms with Gasteiger partial charge in [0.1, 0.15) is 0 Å². The summed E-state index contributed by atoms with van der Waals surface area (Å²) in [7, 11) is 0. The number of benzene rings is 1. The number of hydrogen-bond acceptors (Lipinski definition) is 1. The first-order valence-corrected chi connectivity index (χ1v) is 7.59. The van der Waals surface area contributed by atoms with Gasteiger partial charge in [0.15, 0.2) is 0 Å². The lowest BCUT2D eigenvalue weighted by atomic mass is 9.78. The van der Waals surface area contributed by atoms with Gasteiger partial charge < -0.3 is 5.11 Å². The molecule has 0 aromatic heterocycles. The van der Waals surface area contributed by atoms with Crippen LogP contribution in [0.1, 0.15) is 43.2 Å². The molecule has 3 aliphatic rings. The second-order valence-corrected chi connectivity index (χ2v) is 6.59. The maximum Gasteiger partial charge on any atom is 0.0742 e. The SMILES string of the molecule is OC1(C2CCc3ccccc3C2)C2CCCCC21. The Bertz CT molecular complexity index is 452. The number of rotatable bonds is 1. The molecule has 3 unspecified atom stereocenters. The second-order valence-electron chi connectivity index (χ2n) is 6.59. The Morgan fingerprint density at radius 3 is 2.33 bits per heavy atom. The van der Waals surface area contributed by atoms with E-state index in [0.717, 1.165) is 6.42 Å². The molecule has 0 aliphatic heterocycles. The van der Waals surface area contributed by atoms with Gasteiger partial charge in [-0.2, -0.15) is 0 Å². The van der Waals surface area contributed by atoms with Crippen molar-refractivity contribution in [1.82, 2.24) is 0 Å². The Kier molecular flexibility index (Phi) is 2.35. The van der Waals surface area contributed by atoms with Gasteiger partial charge in [0.05, 0.1) is 5.60 Å². The van der Waals surface area contributed by atoms with E-state index in [1.807, 2.05) is 0 Å². The summed E-state index contributed by atoms with van der Waals surface area (Å²) in [6.45, 7) is 0. The zero-order valence-electron chi connectivity index (χ0n) is 10.9. The topological polar surface area (TPSA) is 20.2 Å². The van der Waals surface area contributed by atoms with Crippen molar-refractivity contribution < 1.29 is 5.11 Å². The fourth-order valence-electron chi connectivity index (χ4n) is 4.84. The lowest BCUT2D eigenvalue weighted by Gasteiger charge is -2.30. The molecule has 0 saturated heterocycles. The molecule has 0 radical (unpaired) electrons. The first kappa shape index (κ1) is 11.0. The van der Waals surface area contributed by atoms with Crippen molar-refractivity contribution >= 4 is 0 Å². The predicted molar refractivity (Wildman–Crippen MR) is 72.4 cm³/mol. The van der Waals surface area contributed by atoms with Crippen LogP contribution in [-0.2, 0) is 12.8 Å². The molecule has 1 heteroatoms. The average molecular weight is 242 g/mol. The van der Waals surface area contributed by atoms with Gasteiger partial charge in [0.25, 0.3) is 0 Å². The lowest BCUT2D eigenvalue weighted by molar-refractivity contribution is 0.0460. The zero-order valence-corrected chi connectivity index (χ0v) is 10.9. The van der Waals surface area contributed by atoms with E-state index in [1.165, 1.54) is 49.7 Å². The molecule has 2 fully saturated rings. The molecule has 0 spiro atoms. The van der Waals surface area contributed by atoms with E-state index < -0.39 is 0 Å². The second kappa shape index (κ2) is 3.84. The molecule has 2 saturated carbocycles. The summed E-state index contributed by atoms with van der Waals surface area (Å²) in [5, 5.41) is 11.0. The standard InChI is InChI=1S/C17H22O/c18-17(15-7-3-4-8-16(15)17)14-10-9-12-5-1-2-6-13(12)11-14/h1-2,5-6,14-16,18H,3-4,7-11H2.